The van der Waals surface area contributed by atoms with Gasteiger partial charge in [0.2, 0.25) is 5.91 Å². The molecule has 0 unspecified atom stereocenters. The van der Waals surface area contributed by atoms with Crippen LogP contribution in [0, 0.1) is 0 Å². The van der Waals surface area contributed by atoms with Gasteiger partial charge >= 0.3 is 0 Å². The first-order chi connectivity index (χ1) is 11.8. The van der Waals surface area contributed by atoms with Crippen molar-refractivity contribution in [2.75, 3.05) is 17.4 Å². The lowest BCUT2D eigenvalue weighted by atomic mass is 9.94. The average molecular weight is 398 g/mol. The Balaban J connectivity index is 0.00000243. The van der Waals surface area contributed by atoms with E-state index in [0.29, 0.717) is 17.6 Å². The van der Waals surface area contributed by atoms with Gasteiger partial charge in [0.25, 0.3) is 10.0 Å². The average Bonchev–Trinajstić information content (AvgIpc) is 2.83. The molecule has 0 saturated carbocycles. The lowest BCUT2D eigenvalue weighted by molar-refractivity contribution is -0.119. The van der Waals surface area contributed by atoms with Crippen LogP contribution >= 0.6 is 12.4 Å². The van der Waals surface area contributed by atoms with Crippen LogP contribution in [0.5, 0.6) is 0 Å². The topological polar surface area (TPSA) is 92.5 Å². The zero-order valence-corrected chi connectivity index (χ0v) is 16.5. The van der Waals surface area contributed by atoms with E-state index in [2.05, 4.69) is 5.32 Å². The fourth-order valence-corrected chi connectivity index (χ4v) is 4.76. The van der Waals surface area contributed by atoms with Crippen molar-refractivity contribution < 1.29 is 13.2 Å². The van der Waals surface area contributed by atoms with Crippen LogP contribution in [0.1, 0.15) is 26.7 Å². The van der Waals surface area contributed by atoms with Crippen molar-refractivity contribution in [3.63, 3.8) is 0 Å². The molecule has 0 bridgehead atoms. The molecule has 2 aromatic rings. The molecule has 0 spiro atoms. The van der Waals surface area contributed by atoms with Gasteiger partial charge < -0.3 is 11.1 Å². The minimum Gasteiger partial charge on any atom is -0.353 e. The second-order valence-corrected chi connectivity index (χ2v) is 8.32. The molecule has 142 valence electrons. The Morgan fingerprint density at radius 1 is 1.15 bits per heavy atom. The zero-order chi connectivity index (χ0) is 18.2. The van der Waals surface area contributed by atoms with E-state index in [1.165, 1.54) is 4.31 Å². The van der Waals surface area contributed by atoms with Crippen LogP contribution < -0.4 is 15.4 Å². The molecule has 0 aromatic heterocycles. The predicted molar refractivity (Wildman–Crippen MR) is 106 cm³/mol. The van der Waals surface area contributed by atoms with E-state index >= 15 is 0 Å². The molecule has 1 heterocycles. The number of nitrogens with one attached hydrogen (secondary N) is 1. The van der Waals surface area contributed by atoms with Gasteiger partial charge in [0.05, 0.1) is 10.6 Å². The summed E-state index contributed by atoms with van der Waals surface area (Å²) in [6, 6.07) is 10.6. The van der Waals surface area contributed by atoms with Crippen molar-refractivity contribution in [3.8, 4) is 0 Å². The normalized spacial score (nSPS) is 15.0. The number of rotatable bonds is 6. The molecule has 8 heteroatoms. The van der Waals surface area contributed by atoms with Gasteiger partial charge in [-0.05, 0) is 30.4 Å². The quantitative estimate of drug-likeness (QED) is 0.782. The van der Waals surface area contributed by atoms with Crippen molar-refractivity contribution in [1.82, 2.24) is 5.32 Å². The van der Waals surface area contributed by atoms with E-state index in [9.17, 15) is 13.2 Å². The minimum atomic E-state index is -3.72. The van der Waals surface area contributed by atoms with Gasteiger partial charge in [-0.2, -0.15) is 0 Å². The van der Waals surface area contributed by atoms with Gasteiger partial charge in [-0.25, -0.2) is 8.42 Å². The third kappa shape index (κ3) is 3.39. The second kappa shape index (κ2) is 7.42. The van der Waals surface area contributed by atoms with Gasteiger partial charge in [0, 0.05) is 17.5 Å². The molecule has 3 rings (SSSR count). The van der Waals surface area contributed by atoms with E-state index < -0.39 is 15.6 Å². The number of benzene rings is 2. The Bertz CT molecular complexity index is 921. The molecule has 0 radical (unpaired) electrons. The first kappa shape index (κ1) is 20.5. The number of halogens is 1. The molecule has 0 saturated heterocycles. The maximum Gasteiger partial charge on any atom is 0.265 e. The number of hydrogen-bond acceptors (Lipinski definition) is 4. The summed E-state index contributed by atoms with van der Waals surface area (Å²) in [5.74, 6) is -0.356. The Labute approximate surface area is 160 Å². The second-order valence-electron chi connectivity index (χ2n) is 6.49. The summed E-state index contributed by atoms with van der Waals surface area (Å²) in [4.78, 5) is 12.6. The van der Waals surface area contributed by atoms with Crippen molar-refractivity contribution in [2.45, 2.75) is 37.1 Å². The highest BCUT2D eigenvalue weighted by Gasteiger charge is 2.36. The molecule has 6 nitrogen and oxygen atoms in total. The lowest BCUT2D eigenvalue weighted by Crippen LogP contribution is -2.51. The van der Waals surface area contributed by atoms with Gasteiger partial charge in [-0.15, -0.1) is 12.4 Å². The summed E-state index contributed by atoms with van der Waals surface area (Å²) in [5, 5.41) is 4.30. The van der Waals surface area contributed by atoms with Crippen LogP contribution in [0.15, 0.2) is 41.3 Å². The van der Waals surface area contributed by atoms with Crippen LogP contribution in [0.25, 0.3) is 10.8 Å². The Morgan fingerprint density at radius 2 is 1.77 bits per heavy atom. The molecule has 0 aliphatic carbocycles. The highest BCUT2D eigenvalue weighted by atomic mass is 35.5. The molecule has 0 atom stereocenters. The third-order valence-electron chi connectivity index (χ3n) is 5.01. The highest BCUT2D eigenvalue weighted by Crippen LogP contribution is 2.41. The summed E-state index contributed by atoms with van der Waals surface area (Å²) in [6.07, 6.45) is 1.47. The summed E-state index contributed by atoms with van der Waals surface area (Å²) in [7, 11) is -3.72. The minimum absolute atomic E-state index is 0. The monoisotopic (exact) mass is 397 g/mol. The molecule has 1 aliphatic rings. The maximum absolute atomic E-state index is 12.8. The predicted octanol–water partition coefficient (Wildman–Crippen LogP) is 2.40. The molecule has 1 amide bonds. The van der Waals surface area contributed by atoms with Crippen molar-refractivity contribution in [3.05, 3.63) is 36.4 Å². The van der Waals surface area contributed by atoms with Gasteiger partial charge in [0.1, 0.15) is 6.54 Å². The van der Waals surface area contributed by atoms with Crippen LogP contribution in [-0.2, 0) is 14.8 Å². The van der Waals surface area contributed by atoms with E-state index in [4.69, 9.17) is 5.73 Å². The first-order valence-corrected chi connectivity index (χ1v) is 9.86. The van der Waals surface area contributed by atoms with Crippen LogP contribution in [0.4, 0.5) is 5.69 Å². The standard InChI is InChI=1S/C18H23N3O3S.ClH/c1-3-18(19,4-2)12-20-16(22)11-21-14-9-5-7-13-8-6-10-15(17(13)14)25(21,23)24;/h5-10H,3-4,11-12,19H2,1-2H3,(H,20,22);1H. The summed E-state index contributed by atoms with van der Waals surface area (Å²) >= 11 is 0. The maximum atomic E-state index is 12.8. The number of amides is 1. The van der Waals surface area contributed by atoms with Gasteiger partial charge in [-0.1, -0.05) is 38.1 Å². The molecular formula is C18H24ClN3O3S. The first-order valence-electron chi connectivity index (χ1n) is 8.42. The molecular weight excluding hydrogens is 374 g/mol. The molecule has 3 N–H and O–H groups in total. The Morgan fingerprint density at radius 3 is 2.38 bits per heavy atom. The lowest BCUT2D eigenvalue weighted by Gasteiger charge is -2.27. The number of anilines is 1. The Hall–Kier alpha value is -1.83. The number of carbonyl (C=O) groups is 1. The van der Waals surface area contributed by atoms with Gasteiger partial charge in [-0.3, -0.25) is 9.10 Å². The number of carbonyl (C=O) groups excluding carboxylic acids is 1. The van der Waals surface area contributed by atoms with E-state index in [1.54, 1.807) is 24.3 Å². The summed E-state index contributed by atoms with van der Waals surface area (Å²) < 4.78 is 26.8. The third-order valence-corrected chi connectivity index (χ3v) is 6.82. The SMILES string of the molecule is CCC(N)(CC)CNC(=O)CN1c2cccc3cccc(c23)S1(=O)=O.Cl. The van der Waals surface area contributed by atoms with Crippen LogP contribution in [0.3, 0.4) is 0 Å². The largest absolute Gasteiger partial charge is 0.353 e. The van der Waals surface area contributed by atoms with Crippen molar-refractivity contribution in [2.24, 2.45) is 5.73 Å². The molecule has 2 aromatic carbocycles. The number of nitrogens with zero attached hydrogens (tertiary/aromatic N) is 1. The summed E-state index contributed by atoms with van der Waals surface area (Å²) in [6.45, 7) is 4.01. The Kier molecular flexibility index (Phi) is 5.85. The summed E-state index contributed by atoms with van der Waals surface area (Å²) in [5.41, 5.74) is 6.27. The van der Waals surface area contributed by atoms with E-state index in [1.807, 2.05) is 26.0 Å². The number of hydrogen-bond donors (Lipinski definition) is 2. The van der Waals surface area contributed by atoms with Crippen LogP contribution in [0.2, 0.25) is 0 Å². The highest BCUT2D eigenvalue weighted by molar-refractivity contribution is 7.93. The fraction of sp³-hybridized carbons (Fsp3) is 0.389. The fourth-order valence-electron chi connectivity index (χ4n) is 3.09. The molecule has 0 fully saturated rings. The molecule has 1 aliphatic heterocycles. The van der Waals surface area contributed by atoms with Crippen LogP contribution in [-0.4, -0.2) is 33.0 Å². The molecule has 26 heavy (non-hydrogen) atoms. The smallest absolute Gasteiger partial charge is 0.265 e. The zero-order valence-electron chi connectivity index (χ0n) is 14.9. The van der Waals surface area contributed by atoms with E-state index in [-0.39, 0.29) is 29.8 Å². The number of sulfonamides is 1. The van der Waals surface area contributed by atoms with Gasteiger partial charge in [0.15, 0.2) is 0 Å². The van der Waals surface area contributed by atoms with E-state index in [0.717, 1.165) is 18.2 Å². The van der Waals surface area contributed by atoms with Crippen molar-refractivity contribution in [1.29, 1.82) is 0 Å². The number of nitrogens with two attached hydrogens (primary N) is 1. The van der Waals surface area contributed by atoms with Crippen molar-refractivity contribution >= 4 is 44.8 Å².